The first kappa shape index (κ1) is 7.48. The number of hydrogen-bond donors (Lipinski definition) is 1. The maximum Gasteiger partial charge on any atom is 1.00 e. The molecule has 1 aliphatic rings. The van der Waals surface area contributed by atoms with Gasteiger partial charge in [0, 0.05) is 12.2 Å². The van der Waals surface area contributed by atoms with Gasteiger partial charge < -0.3 is 1.43 Å². The fourth-order valence-corrected chi connectivity index (χ4v) is 0.356. The molecule has 0 aromatic rings. The Hall–Kier alpha value is -0.523. The van der Waals surface area contributed by atoms with Gasteiger partial charge in [0.1, 0.15) is 0 Å². The minimum absolute atomic E-state index is 0. The zero-order valence-corrected chi connectivity index (χ0v) is 4.47. The second-order valence-corrected chi connectivity index (χ2v) is 1.19. The predicted molar refractivity (Wildman–Crippen MR) is 23.4 cm³/mol. The molecule has 38 valence electrons. The summed E-state index contributed by atoms with van der Waals surface area (Å²) in [7, 11) is 0. The van der Waals surface area contributed by atoms with Crippen LogP contribution < -0.4 is 24.2 Å². The molecule has 0 saturated carbocycles. The van der Waals surface area contributed by atoms with Gasteiger partial charge in [-0.2, -0.15) is 0 Å². The van der Waals surface area contributed by atoms with E-state index in [1.807, 2.05) is 5.32 Å². The minimum atomic E-state index is -0.329. The largest absolute Gasteiger partial charge is 1.00 e. The van der Waals surface area contributed by atoms with E-state index in [2.05, 4.69) is 0 Å². The standard InChI is InChI=1S/C4H3NO2.Li.H/c6-3-1-2-4(7)5-3;;/h1-2H,(H,5,6,7);;/q;+1;-1. The Morgan fingerprint density at radius 1 is 1.25 bits per heavy atom. The van der Waals surface area contributed by atoms with Crippen molar-refractivity contribution in [1.29, 1.82) is 0 Å². The third-order valence-electron chi connectivity index (χ3n) is 0.632. The van der Waals surface area contributed by atoms with Gasteiger partial charge in [0.25, 0.3) is 11.8 Å². The van der Waals surface area contributed by atoms with Crippen LogP contribution in [0.25, 0.3) is 0 Å². The molecule has 0 aromatic carbocycles. The molecule has 0 aliphatic carbocycles. The van der Waals surface area contributed by atoms with Crippen molar-refractivity contribution in [1.82, 2.24) is 5.32 Å². The number of nitrogens with one attached hydrogen (secondary N) is 1. The van der Waals surface area contributed by atoms with Crippen LogP contribution in [-0.4, -0.2) is 11.8 Å². The van der Waals surface area contributed by atoms with Gasteiger partial charge in [-0.1, -0.05) is 0 Å². The fourth-order valence-electron chi connectivity index (χ4n) is 0.356. The molecule has 0 unspecified atom stereocenters. The monoisotopic (exact) mass is 105 g/mol. The van der Waals surface area contributed by atoms with Crippen molar-refractivity contribution in [3.05, 3.63) is 12.2 Å². The molecule has 8 heavy (non-hydrogen) atoms. The van der Waals surface area contributed by atoms with E-state index >= 15 is 0 Å². The molecule has 0 atom stereocenters. The van der Waals surface area contributed by atoms with Crippen LogP contribution in [0.3, 0.4) is 0 Å². The van der Waals surface area contributed by atoms with Crippen LogP contribution in [0.2, 0.25) is 0 Å². The molecule has 0 aromatic heterocycles. The summed E-state index contributed by atoms with van der Waals surface area (Å²) in [5, 5.41) is 2.03. The molecular weight excluding hydrogens is 101 g/mol. The third kappa shape index (κ3) is 1.53. The summed E-state index contributed by atoms with van der Waals surface area (Å²) in [6.07, 6.45) is 2.39. The molecule has 1 rings (SSSR count). The van der Waals surface area contributed by atoms with Crippen LogP contribution in [0.1, 0.15) is 1.43 Å². The Morgan fingerprint density at radius 3 is 1.75 bits per heavy atom. The van der Waals surface area contributed by atoms with E-state index in [1.54, 1.807) is 0 Å². The molecule has 1 N–H and O–H groups in total. The van der Waals surface area contributed by atoms with Crippen LogP contribution in [0.5, 0.6) is 0 Å². The Bertz CT molecular complexity index is 141. The van der Waals surface area contributed by atoms with E-state index in [0.717, 1.165) is 0 Å². The maximum absolute atomic E-state index is 10.0. The first-order valence-electron chi connectivity index (χ1n) is 1.82. The van der Waals surface area contributed by atoms with Gasteiger partial charge in [0.2, 0.25) is 0 Å². The summed E-state index contributed by atoms with van der Waals surface area (Å²) in [6, 6.07) is 0. The summed E-state index contributed by atoms with van der Waals surface area (Å²) in [6.45, 7) is 0. The summed E-state index contributed by atoms with van der Waals surface area (Å²) in [4.78, 5) is 20.1. The Kier molecular flexibility index (Phi) is 2.53. The summed E-state index contributed by atoms with van der Waals surface area (Å²) >= 11 is 0. The second kappa shape index (κ2) is 2.70. The van der Waals surface area contributed by atoms with Crippen LogP contribution in [0, 0.1) is 0 Å². The van der Waals surface area contributed by atoms with Gasteiger partial charge in [-0.3, -0.25) is 14.9 Å². The zero-order valence-electron chi connectivity index (χ0n) is 5.47. The first-order chi connectivity index (χ1) is 3.29. The number of hydrogen-bond acceptors (Lipinski definition) is 2. The van der Waals surface area contributed by atoms with Crippen LogP contribution in [0.4, 0.5) is 0 Å². The van der Waals surface area contributed by atoms with Crippen molar-refractivity contribution in [3.8, 4) is 0 Å². The van der Waals surface area contributed by atoms with Gasteiger partial charge >= 0.3 is 18.9 Å². The molecular formula is C4H4LiNO2. The van der Waals surface area contributed by atoms with E-state index in [1.165, 1.54) is 12.2 Å². The molecule has 0 radical (unpaired) electrons. The van der Waals surface area contributed by atoms with Gasteiger partial charge in [-0.25, -0.2) is 0 Å². The number of rotatable bonds is 0. The molecule has 0 bridgehead atoms. The number of carbonyl (C=O) groups is 2. The molecule has 0 saturated heterocycles. The Labute approximate surface area is 59.8 Å². The molecule has 3 nitrogen and oxygen atoms in total. The van der Waals surface area contributed by atoms with Crippen molar-refractivity contribution in [2.45, 2.75) is 0 Å². The van der Waals surface area contributed by atoms with E-state index in [-0.39, 0.29) is 32.1 Å². The van der Waals surface area contributed by atoms with E-state index < -0.39 is 0 Å². The number of carbonyl (C=O) groups excluding carboxylic acids is 2. The SMILES string of the molecule is O=C1C=CC(=O)N1.[H-].[Li+]. The van der Waals surface area contributed by atoms with Crippen molar-refractivity contribution in [2.24, 2.45) is 0 Å². The molecule has 0 fully saturated rings. The summed E-state index contributed by atoms with van der Waals surface area (Å²) in [5.41, 5.74) is 0. The van der Waals surface area contributed by atoms with E-state index in [4.69, 9.17) is 0 Å². The predicted octanol–water partition coefficient (Wildman–Crippen LogP) is -3.68. The van der Waals surface area contributed by atoms with Gasteiger partial charge in [0.05, 0.1) is 0 Å². The molecule has 4 heteroatoms. The minimum Gasteiger partial charge on any atom is -1.00 e. The number of amides is 2. The van der Waals surface area contributed by atoms with Crippen LogP contribution in [-0.2, 0) is 9.59 Å². The average molecular weight is 105 g/mol. The summed E-state index contributed by atoms with van der Waals surface area (Å²) in [5.74, 6) is -0.657. The third-order valence-corrected chi connectivity index (χ3v) is 0.632. The second-order valence-electron chi connectivity index (χ2n) is 1.19. The van der Waals surface area contributed by atoms with Crippen molar-refractivity contribution in [3.63, 3.8) is 0 Å². The molecule has 2 amide bonds. The average Bonchev–Trinajstić information content (AvgIpc) is 1.87. The maximum atomic E-state index is 10.0. The van der Waals surface area contributed by atoms with Crippen molar-refractivity contribution in [2.75, 3.05) is 0 Å². The van der Waals surface area contributed by atoms with Crippen LogP contribution >= 0.6 is 0 Å². The van der Waals surface area contributed by atoms with Gasteiger partial charge in [0.15, 0.2) is 0 Å². The molecule has 0 spiro atoms. The summed E-state index contributed by atoms with van der Waals surface area (Å²) < 4.78 is 0. The topological polar surface area (TPSA) is 46.2 Å². The first-order valence-corrected chi connectivity index (χ1v) is 1.82. The smallest absolute Gasteiger partial charge is 1.00 e. The molecule has 1 aliphatic heterocycles. The quantitative estimate of drug-likeness (QED) is 0.255. The number of imide groups is 1. The van der Waals surface area contributed by atoms with Gasteiger partial charge in [-0.15, -0.1) is 0 Å². The normalized spacial score (nSPS) is 15.5. The molecule has 1 heterocycles. The van der Waals surface area contributed by atoms with E-state index in [9.17, 15) is 9.59 Å². The van der Waals surface area contributed by atoms with Crippen LogP contribution in [0.15, 0.2) is 12.2 Å². The van der Waals surface area contributed by atoms with Crippen molar-refractivity contribution >= 4 is 11.8 Å². The van der Waals surface area contributed by atoms with Gasteiger partial charge in [-0.05, 0) is 0 Å². The zero-order chi connectivity index (χ0) is 5.28. The Balaban J connectivity index is 0. The van der Waals surface area contributed by atoms with E-state index in [0.29, 0.717) is 0 Å². The van der Waals surface area contributed by atoms with Crippen molar-refractivity contribution < 1.29 is 29.9 Å². The Morgan fingerprint density at radius 2 is 1.62 bits per heavy atom. The fraction of sp³-hybridized carbons (Fsp3) is 0.